The molecule has 4 heteroatoms. The summed E-state index contributed by atoms with van der Waals surface area (Å²) in [5.41, 5.74) is 3.57. The van der Waals surface area contributed by atoms with Crippen molar-refractivity contribution >= 4 is 19.2 Å². The van der Waals surface area contributed by atoms with Gasteiger partial charge in [-0.05, 0) is 35.8 Å². The van der Waals surface area contributed by atoms with Crippen molar-refractivity contribution in [2.24, 2.45) is 0 Å². The number of hydrogen-bond acceptors (Lipinski definition) is 2. The third kappa shape index (κ3) is 4.13. The summed E-state index contributed by atoms with van der Waals surface area (Å²) in [5, 5.41) is 1.17. The van der Waals surface area contributed by atoms with E-state index in [1.807, 2.05) is 18.2 Å². The summed E-state index contributed by atoms with van der Waals surface area (Å²) < 4.78 is 15.0. The molecular weight excluding hydrogens is 374 g/mol. The normalized spacial score (nSPS) is 12.2. The zero-order chi connectivity index (χ0) is 21.2. The third-order valence-corrected chi connectivity index (χ3v) is 10.3. The molecule has 3 rings (SSSR count). The topological polar surface area (TPSA) is 23.4 Å². The smallest absolute Gasteiger partial charge is 0.250 e. The van der Waals surface area contributed by atoms with Crippen LogP contribution < -0.4 is 9.16 Å². The van der Waals surface area contributed by atoms with Crippen molar-refractivity contribution in [3.05, 3.63) is 72.4 Å². The predicted molar refractivity (Wildman–Crippen MR) is 126 cm³/mol. The summed E-state index contributed by atoms with van der Waals surface area (Å²) in [6.07, 6.45) is 2.75. The van der Waals surface area contributed by atoms with Crippen molar-refractivity contribution < 1.29 is 9.16 Å². The second kappa shape index (κ2) is 8.11. The van der Waals surface area contributed by atoms with Gasteiger partial charge in [-0.1, -0.05) is 63.2 Å². The van der Waals surface area contributed by atoms with Gasteiger partial charge in [0.1, 0.15) is 11.5 Å². The Balaban J connectivity index is 2.29. The number of methoxy groups -OCH3 is 1. The second-order valence-corrected chi connectivity index (χ2v) is 13.8. The first-order valence-corrected chi connectivity index (χ1v) is 13.1. The molecule has 2 aromatic carbocycles. The lowest BCUT2D eigenvalue weighted by molar-refractivity contribution is 0.417. The minimum absolute atomic E-state index is 0.103. The lowest BCUT2D eigenvalue weighted by Crippen LogP contribution is -2.44. The summed E-state index contributed by atoms with van der Waals surface area (Å²) in [6, 6.07) is 16.8. The summed E-state index contributed by atoms with van der Waals surface area (Å²) in [4.78, 5) is 0. The number of ether oxygens (including phenoxy) is 1. The maximum absolute atomic E-state index is 6.96. The molecule has 0 atom stereocenters. The van der Waals surface area contributed by atoms with E-state index in [0.29, 0.717) is 0 Å². The largest absolute Gasteiger partial charge is 0.542 e. The maximum atomic E-state index is 6.96. The van der Waals surface area contributed by atoms with E-state index in [0.717, 1.165) is 35.4 Å². The van der Waals surface area contributed by atoms with E-state index in [4.69, 9.17) is 9.16 Å². The molecule has 0 bridgehead atoms. The Morgan fingerprint density at radius 3 is 2.31 bits per heavy atom. The molecule has 0 spiro atoms. The fourth-order valence-corrected chi connectivity index (χ4v) is 4.41. The summed E-state index contributed by atoms with van der Waals surface area (Å²) in [5.74, 6) is 1.82. The quantitative estimate of drug-likeness (QED) is 0.317. The molecule has 29 heavy (non-hydrogen) atoms. The monoisotopic (exact) mass is 407 g/mol. The predicted octanol–water partition coefficient (Wildman–Crippen LogP) is 6.81. The maximum Gasteiger partial charge on any atom is 0.250 e. The molecule has 0 aliphatic heterocycles. The fraction of sp³-hybridized carbons (Fsp3) is 0.360. The van der Waals surface area contributed by atoms with E-state index in [-0.39, 0.29) is 5.04 Å². The Morgan fingerprint density at radius 1 is 1.03 bits per heavy atom. The minimum Gasteiger partial charge on any atom is -0.542 e. The van der Waals surface area contributed by atoms with Crippen molar-refractivity contribution in [3.63, 3.8) is 0 Å². The number of benzene rings is 2. The molecule has 154 valence electrons. The van der Waals surface area contributed by atoms with E-state index in [9.17, 15) is 0 Å². The van der Waals surface area contributed by atoms with Crippen LogP contribution in [0.25, 0.3) is 10.9 Å². The zero-order valence-corrected chi connectivity index (χ0v) is 19.6. The van der Waals surface area contributed by atoms with E-state index in [2.05, 4.69) is 81.4 Å². The second-order valence-electron chi connectivity index (χ2n) is 9.05. The van der Waals surface area contributed by atoms with Crippen molar-refractivity contribution in [2.45, 2.75) is 51.9 Å². The molecule has 3 nitrogen and oxygen atoms in total. The molecule has 0 unspecified atom stereocenters. The van der Waals surface area contributed by atoms with Gasteiger partial charge >= 0.3 is 0 Å². The molecule has 0 saturated heterocycles. The standard InChI is InChI=1S/C25H33NO2Si/c1-8-17-26-20-15-12-16-22(27-5)23(20)24(28-29(6,7)25(2,3)4)21(26)18-19-13-10-9-11-14-19/h8-16H,1,17-18H2,2-7H3. The number of hydrogen-bond donors (Lipinski definition) is 0. The van der Waals surface area contributed by atoms with Crippen LogP contribution in [-0.2, 0) is 13.0 Å². The highest BCUT2D eigenvalue weighted by Gasteiger charge is 2.40. The highest BCUT2D eigenvalue weighted by Crippen LogP contribution is 2.45. The number of nitrogens with zero attached hydrogens (tertiary/aromatic N) is 1. The van der Waals surface area contributed by atoms with Crippen LogP contribution in [-0.4, -0.2) is 20.0 Å². The fourth-order valence-electron chi connectivity index (χ4n) is 3.38. The van der Waals surface area contributed by atoms with Crippen molar-refractivity contribution in [1.82, 2.24) is 4.57 Å². The van der Waals surface area contributed by atoms with E-state index >= 15 is 0 Å². The van der Waals surface area contributed by atoms with Gasteiger partial charge in [-0.3, -0.25) is 0 Å². The molecule has 0 amide bonds. The first-order valence-electron chi connectivity index (χ1n) is 10.2. The number of rotatable bonds is 7. The van der Waals surface area contributed by atoms with Crippen LogP contribution in [0.2, 0.25) is 18.1 Å². The zero-order valence-electron chi connectivity index (χ0n) is 18.6. The van der Waals surface area contributed by atoms with Gasteiger partial charge in [0.25, 0.3) is 8.32 Å². The van der Waals surface area contributed by atoms with Crippen molar-refractivity contribution in [2.75, 3.05) is 7.11 Å². The molecule has 0 radical (unpaired) electrons. The van der Waals surface area contributed by atoms with E-state index in [1.54, 1.807) is 7.11 Å². The lowest BCUT2D eigenvalue weighted by Gasteiger charge is -2.36. The van der Waals surface area contributed by atoms with Gasteiger partial charge in [0.2, 0.25) is 0 Å². The molecule has 3 aromatic rings. The SMILES string of the molecule is C=CCn1c(Cc2ccccc2)c(O[Si](C)(C)C(C)(C)C)c2c(OC)cccc21. The molecule has 0 fully saturated rings. The van der Waals surface area contributed by atoms with Gasteiger partial charge in [-0.25, -0.2) is 0 Å². The number of aromatic nitrogens is 1. The molecule has 0 aliphatic rings. The van der Waals surface area contributed by atoms with Gasteiger partial charge in [-0.2, -0.15) is 0 Å². The van der Waals surface area contributed by atoms with Crippen LogP contribution in [0.4, 0.5) is 0 Å². The average molecular weight is 408 g/mol. The van der Waals surface area contributed by atoms with E-state index < -0.39 is 8.32 Å². The number of fused-ring (bicyclic) bond motifs is 1. The molecule has 1 aromatic heterocycles. The Kier molecular flexibility index (Phi) is 5.94. The van der Waals surface area contributed by atoms with Gasteiger partial charge < -0.3 is 13.7 Å². The van der Waals surface area contributed by atoms with Crippen LogP contribution in [0.1, 0.15) is 32.0 Å². The van der Waals surface area contributed by atoms with Gasteiger partial charge in [0.15, 0.2) is 0 Å². The summed E-state index contributed by atoms with van der Waals surface area (Å²) >= 11 is 0. The molecule has 0 N–H and O–H groups in total. The first-order chi connectivity index (χ1) is 13.7. The third-order valence-electron chi connectivity index (χ3n) is 6.02. The Hall–Kier alpha value is -2.46. The molecule has 1 heterocycles. The lowest BCUT2D eigenvalue weighted by atomic mass is 10.1. The van der Waals surface area contributed by atoms with Crippen LogP contribution in [0.3, 0.4) is 0 Å². The van der Waals surface area contributed by atoms with Gasteiger partial charge in [0.05, 0.1) is 23.7 Å². The first kappa shape index (κ1) is 21.3. The summed E-state index contributed by atoms with van der Waals surface area (Å²) in [7, 11) is -0.323. The van der Waals surface area contributed by atoms with Gasteiger partial charge in [0, 0.05) is 13.0 Å². The Labute approximate surface area is 176 Å². The average Bonchev–Trinajstić information content (AvgIpc) is 2.95. The Bertz CT molecular complexity index is 997. The Morgan fingerprint density at radius 2 is 1.72 bits per heavy atom. The van der Waals surface area contributed by atoms with Crippen LogP contribution in [0, 0.1) is 0 Å². The van der Waals surface area contributed by atoms with E-state index in [1.165, 1.54) is 11.3 Å². The molecule has 0 saturated carbocycles. The van der Waals surface area contributed by atoms with Crippen LogP contribution in [0.15, 0.2) is 61.2 Å². The molecule has 0 aliphatic carbocycles. The van der Waals surface area contributed by atoms with Crippen LogP contribution in [0.5, 0.6) is 11.5 Å². The number of allylic oxidation sites excluding steroid dienone is 1. The molecular formula is C25H33NO2Si. The van der Waals surface area contributed by atoms with Crippen LogP contribution >= 0.6 is 0 Å². The van der Waals surface area contributed by atoms with Gasteiger partial charge in [-0.15, -0.1) is 6.58 Å². The van der Waals surface area contributed by atoms with Crippen molar-refractivity contribution in [3.8, 4) is 11.5 Å². The summed E-state index contributed by atoms with van der Waals surface area (Å²) in [6.45, 7) is 16.1. The highest BCUT2D eigenvalue weighted by atomic mass is 28.4. The minimum atomic E-state index is -2.05. The van der Waals surface area contributed by atoms with Crippen molar-refractivity contribution in [1.29, 1.82) is 0 Å². The highest BCUT2D eigenvalue weighted by molar-refractivity contribution is 6.74.